The lowest BCUT2D eigenvalue weighted by Crippen LogP contribution is -2.51. The Morgan fingerprint density at radius 3 is 2.55 bits per heavy atom. The molecule has 20 heavy (non-hydrogen) atoms. The fourth-order valence-electron chi connectivity index (χ4n) is 2.78. The van der Waals surface area contributed by atoms with Gasteiger partial charge in [0.2, 0.25) is 10.0 Å². The van der Waals surface area contributed by atoms with E-state index in [1.54, 1.807) is 23.9 Å². The van der Waals surface area contributed by atoms with Crippen molar-refractivity contribution in [3.05, 3.63) is 0 Å². The van der Waals surface area contributed by atoms with Crippen molar-refractivity contribution in [1.82, 2.24) is 14.1 Å². The van der Waals surface area contributed by atoms with Crippen LogP contribution in [0, 0.1) is 5.92 Å². The third-order valence-electron chi connectivity index (χ3n) is 3.93. The van der Waals surface area contributed by atoms with Gasteiger partial charge in [0.05, 0.1) is 19.0 Å². The van der Waals surface area contributed by atoms with Crippen molar-refractivity contribution < 1.29 is 17.9 Å². The molecular weight excluding hydrogens is 282 g/mol. The zero-order valence-corrected chi connectivity index (χ0v) is 13.1. The maximum absolute atomic E-state index is 12.0. The first-order chi connectivity index (χ1) is 9.29. The van der Waals surface area contributed by atoms with Gasteiger partial charge in [-0.2, -0.15) is 4.31 Å². The van der Waals surface area contributed by atoms with Crippen LogP contribution in [-0.2, 0) is 14.8 Å². The molecule has 7 nitrogen and oxygen atoms in total. The number of rotatable bonds is 1. The molecule has 0 aromatic rings. The van der Waals surface area contributed by atoms with E-state index in [4.69, 9.17) is 4.74 Å². The van der Waals surface area contributed by atoms with E-state index in [1.807, 2.05) is 0 Å². The van der Waals surface area contributed by atoms with Gasteiger partial charge in [-0.3, -0.25) is 0 Å². The van der Waals surface area contributed by atoms with Gasteiger partial charge in [0.25, 0.3) is 0 Å². The van der Waals surface area contributed by atoms with Crippen molar-refractivity contribution >= 4 is 16.1 Å². The second kappa shape index (κ2) is 5.87. The maximum atomic E-state index is 12.0. The highest BCUT2D eigenvalue weighted by Gasteiger charge is 2.37. The van der Waals surface area contributed by atoms with Crippen molar-refractivity contribution in [2.45, 2.75) is 12.5 Å². The molecule has 8 heteroatoms. The Labute approximate surface area is 120 Å². The Morgan fingerprint density at radius 2 is 1.95 bits per heavy atom. The molecule has 2 fully saturated rings. The van der Waals surface area contributed by atoms with Crippen molar-refractivity contribution in [2.75, 3.05) is 53.1 Å². The summed E-state index contributed by atoms with van der Waals surface area (Å²) in [6, 6.07) is -0.0173. The summed E-state index contributed by atoms with van der Waals surface area (Å²) in [5.41, 5.74) is 0. The molecule has 2 amide bonds. The van der Waals surface area contributed by atoms with Crippen LogP contribution in [0.2, 0.25) is 0 Å². The van der Waals surface area contributed by atoms with Gasteiger partial charge in [0.15, 0.2) is 0 Å². The zero-order chi connectivity index (χ0) is 14.9. The normalized spacial score (nSPS) is 28.6. The van der Waals surface area contributed by atoms with Crippen LogP contribution in [0.25, 0.3) is 0 Å². The predicted molar refractivity (Wildman–Crippen MR) is 74.9 cm³/mol. The number of hydrogen-bond acceptors (Lipinski definition) is 4. The topological polar surface area (TPSA) is 70.2 Å². The van der Waals surface area contributed by atoms with Crippen molar-refractivity contribution in [3.8, 4) is 0 Å². The average molecular weight is 305 g/mol. The van der Waals surface area contributed by atoms with Gasteiger partial charge in [0.1, 0.15) is 0 Å². The van der Waals surface area contributed by atoms with Gasteiger partial charge in [-0.15, -0.1) is 0 Å². The molecule has 0 aromatic carbocycles. The zero-order valence-electron chi connectivity index (χ0n) is 12.3. The van der Waals surface area contributed by atoms with E-state index in [0.717, 1.165) is 6.42 Å². The standard InChI is InChI=1S/C12H23N3O4S/c1-13(2)12(16)14-5-4-10-8-15(20(3,17)18)6-7-19-11(10)9-14/h10-11H,4-9H2,1-3H3/t10-,11-/m0/s1. The fraction of sp³-hybridized carbons (Fsp3) is 0.917. The molecule has 2 aliphatic heterocycles. The highest BCUT2D eigenvalue weighted by Crippen LogP contribution is 2.25. The molecule has 0 bridgehead atoms. The Kier molecular flexibility index (Phi) is 4.55. The second-order valence-electron chi connectivity index (χ2n) is 5.70. The number of likely N-dealkylation sites (tertiary alicyclic amines) is 1. The van der Waals surface area contributed by atoms with E-state index in [1.165, 1.54) is 10.6 Å². The van der Waals surface area contributed by atoms with Gasteiger partial charge in [-0.1, -0.05) is 0 Å². The van der Waals surface area contributed by atoms with E-state index in [0.29, 0.717) is 32.8 Å². The van der Waals surface area contributed by atoms with Crippen LogP contribution in [-0.4, -0.2) is 87.8 Å². The van der Waals surface area contributed by atoms with E-state index in [9.17, 15) is 13.2 Å². The van der Waals surface area contributed by atoms with Gasteiger partial charge in [-0.05, 0) is 6.42 Å². The smallest absolute Gasteiger partial charge is 0.319 e. The summed E-state index contributed by atoms with van der Waals surface area (Å²) in [4.78, 5) is 15.3. The Hall–Kier alpha value is -0.860. The minimum Gasteiger partial charge on any atom is -0.375 e. The molecular formula is C12H23N3O4S. The summed E-state index contributed by atoms with van der Waals surface area (Å²) in [6.45, 7) is 2.47. The summed E-state index contributed by atoms with van der Waals surface area (Å²) in [7, 11) is 0.281. The van der Waals surface area contributed by atoms with Crippen LogP contribution in [0.3, 0.4) is 0 Å². The highest BCUT2D eigenvalue weighted by molar-refractivity contribution is 7.88. The SMILES string of the molecule is CN(C)C(=O)N1CC[C@H]2CN(S(C)(=O)=O)CCO[C@H]2C1. The third-order valence-corrected chi connectivity index (χ3v) is 5.20. The lowest BCUT2D eigenvalue weighted by molar-refractivity contribution is -0.0136. The molecule has 0 spiro atoms. The molecule has 2 atom stereocenters. The van der Waals surface area contributed by atoms with Crippen LogP contribution in [0.4, 0.5) is 4.79 Å². The summed E-state index contributed by atoms with van der Waals surface area (Å²) in [6.07, 6.45) is 1.94. The number of nitrogens with zero attached hydrogens (tertiary/aromatic N) is 3. The number of amides is 2. The quantitative estimate of drug-likeness (QED) is 0.664. The molecule has 0 aliphatic carbocycles. The minimum atomic E-state index is -3.18. The van der Waals surface area contributed by atoms with Crippen LogP contribution >= 0.6 is 0 Å². The van der Waals surface area contributed by atoms with Crippen molar-refractivity contribution in [2.24, 2.45) is 5.92 Å². The van der Waals surface area contributed by atoms with Crippen molar-refractivity contribution in [3.63, 3.8) is 0 Å². The molecule has 0 aromatic heterocycles. The van der Waals surface area contributed by atoms with E-state index in [2.05, 4.69) is 0 Å². The monoisotopic (exact) mass is 305 g/mol. The Morgan fingerprint density at radius 1 is 1.25 bits per heavy atom. The number of sulfonamides is 1. The van der Waals surface area contributed by atoms with Gasteiger partial charge in [-0.25, -0.2) is 13.2 Å². The van der Waals surface area contributed by atoms with Crippen LogP contribution in [0.15, 0.2) is 0 Å². The molecule has 2 aliphatic rings. The number of urea groups is 1. The Balaban J connectivity index is 2.03. The molecule has 0 unspecified atom stereocenters. The number of carbonyl (C=O) groups is 1. The van der Waals surface area contributed by atoms with Crippen LogP contribution in [0.1, 0.15) is 6.42 Å². The van der Waals surface area contributed by atoms with Crippen LogP contribution < -0.4 is 0 Å². The lowest BCUT2D eigenvalue weighted by atomic mass is 9.94. The summed E-state index contributed by atoms with van der Waals surface area (Å²) < 4.78 is 30.6. The number of ether oxygens (including phenoxy) is 1. The predicted octanol–water partition coefficient (Wildman–Crippen LogP) is -0.350. The summed E-state index contributed by atoms with van der Waals surface area (Å²) in [5, 5.41) is 0. The molecule has 116 valence electrons. The molecule has 2 rings (SSSR count). The van der Waals surface area contributed by atoms with E-state index < -0.39 is 10.0 Å². The first-order valence-corrected chi connectivity index (χ1v) is 8.67. The first-order valence-electron chi connectivity index (χ1n) is 6.82. The fourth-order valence-corrected chi connectivity index (χ4v) is 3.65. The molecule has 2 saturated heterocycles. The van der Waals surface area contributed by atoms with Gasteiger partial charge < -0.3 is 14.5 Å². The summed E-state index contributed by atoms with van der Waals surface area (Å²) in [5.74, 6) is 0.165. The molecule has 0 saturated carbocycles. The third kappa shape index (κ3) is 3.42. The highest BCUT2D eigenvalue weighted by atomic mass is 32.2. The number of piperidine rings is 1. The van der Waals surface area contributed by atoms with Crippen LogP contribution in [0.5, 0.6) is 0 Å². The number of hydrogen-bond donors (Lipinski definition) is 0. The first kappa shape index (κ1) is 15.5. The van der Waals surface area contributed by atoms with Gasteiger partial charge in [0, 0.05) is 46.2 Å². The summed E-state index contributed by atoms with van der Waals surface area (Å²) >= 11 is 0. The van der Waals surface area contributed by atoms with Crippen molar-refractivity contribution in [1.29, 1.82) is 0 Å². The largest absolute Gasteiger partial charge is 0.375 e. The maximum Gasteiger partial charge on any atom is 0.319 e. The molecule has 0 radical (unpaired) electrons. The number of carbonyl (C=O) groups excluding carboxylic acids is 1. The Bertz CT molecular complexity index is 465. The van der Waals surface area contributed by atoms with Gasteiger partial charge >= 0.3 is 6.03 Å². The van der Waals surface area contributed by atoms with E-state index >= 15 is 0 Å². The minimum absolute atomic E-state index is 0.0173. The van der Waals surface area contributed by atoms with E-state index in [-0.39, 0.29) is 18.1 Å². The number of fused-ring (bicyclic) bond motifs is 1. The second-order valence-corrected chi connectivity index (χ2v) is 7.68. The average Bonchev–Trinajstić information content (AvgIpc) is 2.58. The molecule has 0 N–H and O–H groups in total. The molecule has 2 heterocycles. The lowest BCUT2D eigenvalue weighted by Gasteiger charge is -2.38.